The number of aliphatic hydroxyl groups is 1. The van der Waals surface area contributed by atoms with Crippen LogP contribution in [0.5, 0.6) is 0 Å². The van der Waals surface area contributed by atoms with Crippen LogP contribution in [-0.4, -0.2) is 58.6 Å². The van der Waals surface area contributed by atoms with Crippen molar-refractivity contribution in [2.24, 2.45) is 7.05 Å². The molecule has 0 bridgehead atoms. The lowest BCUT2D eigenvalue weighted by Gasteiger charge is -2.37. The summed E-state index contributed by atoms with van der Waals surface area (Å²) in [6.45, 7) is 2.16. The van der Waals surface area contributed by atoms with Crippen molar-refractivity contribution in [1.29, 1.82) is 0 Å². The number of carbonyl (C=O) groups is 1. The first-order chi connectivity index (χ1) is 12.1. The molecule has 2 aliphatic rings. The lowest BCUT2D eigenvalue weighted by Crippen LogP contribution is -2.46. The molecule has 4 rings (SSSR count). The van der Waals surface area contributed by atoms with Gasteiger partial charge in [-0.2, -0.15) is 5.10 Å². The van der Waals surface area contributed by atoms with Crippen molar-refractivity contribution in [3.63, 3.8) is 0 Å². The number of hydrogen-bond acceptors (Lipinski definition) is 5. The maximum atomic E-state index is 12.8. The summed E-state index contributed by atoms with van der Waals surface area (Å²) >= 11 is 0. The van der Waals surface area contributed by atoms with Crippen LogP contribution in [0.1, 0.15) is 27.7 Å². The van der Waals surface area contributed by atoms with Crippen LogP contribution in [0.4, 0.5) is 0 Å². The SMILES string of the molecule is Cn1nccc1C1CN(C(=O)c2ccc(C3(O)COC3)cc2)CCO1. The monoisotopic (exact) mass is 343 g/mol. The Labute approximate surface area is 145 Å². The molecule has 0 spiro atoms. The Morgan fingerprint density at radius 1 is 1.28 bits per heavy atom. The third kappa shape index (κ3) is 2.95. The van der Waals surface area contributed by atoms with E-state index in [0.717, 1.165) is 11.3 Å². The van der Waals surface area contributed by atoms with Crippen molar-refractivity contribution < 1.29 is 19.4 Å². The summed E-state index contributed by atoms with van der Waals surface area (Å²) in [7, 11) is 1.87. The van der Waals surface area contributed by atoms with Crippen molar-refractivity contribution in [2.45, 2.75) is 11.7 Å². The van der Waals surface area contributed by atoms with E-state index in [-0.39, 0.29) is 12.0 Å². The first-order valence-corrected chi connectivity index (χ1v) is 8.36. The number of benzene rings is 1. The van der Waals surface area contributed by atoms with E-state index in [2.05, 4.69) is 5.10 Å². The topological polar surface area (TPSA) is 76.8 Å². The van der Waals surface area contributed by atoms with Gasteiger partial charge in [-0.3, -0.25) is 9.48 Å². The van der Waals surface area contributed by atoms with Crippen LogP contribution >= 0.6 is 0 Å². The summed E-state index contributed by atoms with van der Waals surface area (Å²) in [4.78, 5) is 14.6. The molecule has 2 aliphatic heterocycles. The molecule has 1 aromatic carbocycles. The molecule has 1 aromatic heterocycles. The quantitative estimate of drug-likeness (QED) is 0.894. The van der Waals surface area contributed by atoms with Gasteiger partial charge in [-0.05, 0) is 23.8 Å². The molecule has 0 aliphatic carbocycles. The molecule has 1 unspecified atom stereocenters. The van der Waals surface area contributed by atoms with Gasteiger partial charge in [0.2, 0.25) is 0 Å². The first kappa shape index (κ1) is 16.3. The molecule has 2 aromatic rings. The van der Waals surface area contributed by atoms with Crippen LogP contribution in [0.25, 0.3) is 0 Å². The number of aromatic nitrogens is 2. The molecule has 0 saturated carbocycles. The Kier molecular flexibility index (Phi) is 4.07. The number of carbonyl (C=O) groups excluding carboxylic acids is 1. The van der Waals surface area contributed by atoms with Crippen LogP contribution < -0.4 is 0 Å². The van der Waals surface area contributed by atoms with Gasteiger partial charge in [0.25, 0.3) is 5.91 Å². The van der Waals surface area contributed by atoms with E-state index < -0.39 is 5.60 Å². The molecule has 7 heteroatoms. The summed E-state index contributed by atoms with van der Waals surface area (Å²) in [6, 6.07) is 9.05. The predicted octanol–water partition coefficient (Wildman–Crippen LogP) is 0.852. The minimum atomic E-state index is -0.912. The highest BCUT2D eigenvalue weighted by atomic mass is 16.5. The zero-order valence-electron chi connectivity index (χ0n) is 14.1. The molecular formula is C18H21N3O4. The van der Waals surface area contributed by atoms with Gasteiger partial charge >= 0.3 is 0 Å². The average molecular weight is 343 g/mol. The average Bonchev–Trinajstić information content (AvgIpc) is 3.05. The van der Waals surface area contributed by atoms with E-state index in [1.54, 1.807) is 40.0 Å². The van der Waals surface area contributed by atoms with Gasteiger partial charge in [-0.15, -0.1) is 0 Å². The van der Waals surface area contributed by atoms with Crippen LogP contribution in [0.15, 0.2) is 36.5 Å². The van der Waals surface area contributed by atoms with Gasteiger partial charge < -0.3 is 19.5 Å². The van der Waals surface area contributed by atoms with Crippen LogP contribution in [0, 0.1) is 0 Å². The van der Waals surface area contributed by atoms with Crippen LogP contribution in [0.3, 0.4) is 0 Å². The number of morpholine rings is 1. The highest BCUT2D eigenvalue weighted by Gasteiger charge is 2.38. The van der Waals surface area contributed by atoms with Crippen LogP contribution in [0.2, 0.25) is 0 Å². The zero-order valence-corrected chi connectivity index (χ0v) is 14.1. The molecule has 3 heterocycles. The Bertz CT molecular complexity index is 767. The summed E-state index contributed by atoms with van der Waals surface area (Å²) < 4.78 is 12.7. The third-order valence-corrected chi connectivity index (χ3v) is 4.89. The zero-order chi connectivity index (χ0) is 17.4. The number of amides is 1. The molecule has 0 radical (unpaired) electrons. The fraction of sp³-hybridized carbons (Fsp3) is 0.444. The molecule has 7 nitrogen and oxygen atoms in total. The van der Waals surface area contributed by atoms with E-state index in [1.165, 1.54) is 0 Å². The van der Waals surface area contributed by atoms with E-state index in [9.17, 15) is 9.90 Å². The van der Waals surface area contributed by atoms with Gasteiger partial charge in [0.15, 0.2) is 0 Å². The predicted molar refractivity (Wildman–Crippen MR) is 89.0 cm³/mol. The molecule has 1 atom stereocenters. The number of rotatable bonds is 3. The van der Waals surface area contributed by atoms with Crippen LogP contribution in [-0.2, 0) is 22.1 Å². The Hall–Kier alpha value is -2.22. The summed E-state index contributed by atoms with van der Waals surface area (Å²) in [5.74, 6) is -0.0288. The molecule has 1 N–H and O–H groups in total. The minimum absolute atomic E-state index is 0.0288. The number of nitrogens with zero attached hydrogens (tertiary/aromatic N) is 3. The number of hydrogen-bond donors (Lipinski definition) is 1. The maximum absolute atomic E-state index is 12.8. The van der Waals surface area contributed by atoms with Crippen molar-refractivity contribution in [3.05, 3.63) is 53.3 Å². The lowest BCUT2D eigenvalue weighted by molar-refractivity contribution is -0.184. The van der Waals surface area contributed by atoms with Gasteiger partial charge in [-0.1, -0.05) is 12.1 Å². The van der Waals surface area contributed by atoms with E-state index >= 15 is 0 Å². The standard InChI is InChI=1S/C18H21N3O4/c1-20-15(6-7-19-20)16-10-21(8-9-25-16)17(22)13-2-4-14(5-3-13)18(23)11-24-12-18/h2-7,16,23H,8-12H2,1H3. The molecule has 2 saturated heterocycles. The van der Waals surface area contributed by atoms with E-state index in [4.69, 9.17) is 9.47 Å². The second-order valence-corrected chi connectivity index (χ2v) is 6.59. The lowest BCUT2D eigenvalue weighted by atomic mass is 9.91. The smallest absolute Gasteiger partial charge is 0.254 e. The molecular weight excluding hydrogens is 322 g/mol. The molecule has 25 heavy (non-hydrogen) atoms. The second-order valence-electron chi connectivity index (χ2n) is 6.59. The second kappa shape index (κ2) is 6.25. The fourth-order valence-corrected chi connectivity index (χ4v) is 3.28. The highest BCUT2D eigenvalue weighted by Crippen LogP contribution is 2.29. The third-order valence-electron chi connectivity index (χ3n) is 4.89. The number of ether oxygens (including phenoxy) is 2. The summed E-state index contributed by atoms with van der Waals surface area (Å²) in [5.41, 5.74) is 1.44. The van der Waals surface area contributed by atoms with E-state index in [0.29, 0.717) is 38.5 Å². The summed E-state index contributed by atoms with van der Waals surface area (Å²) in [5, 5.41) is 14.4. The van der Waals surface area contributed by atoms with Crippen molar-refractivity contribution >= 4 is 5.91 Å². The molecule has 1 amide bonds. The molecule has 2 fully saturated rings. The maximum Gasteiger partial charge on any atom is 0.254 e. The van der Waals surface area contributed by atoms with Gasteiger partial charge in [0.1, 0.15) is 11.7 Å². The van der Waals surface area contributed by atoms with Gasteiger partial charge in [-0.25, -0.2) is 0 Å². The first-order valence-electron chi connectivity index (χ1n) is 8.36. The highest BCUT2D eigenvalue weighted by molar-refractivity contribution is 5.94. The number of aryl methyl sites for hydroxylation is 1. The normalized spacial score (nSPS) is 22.5. The largest absolute Gasteiger partial charge is 0.380 e. The van der Waals surface area contributed by atoms with Gasteiger partial charge in [0, 0.05) is 25.4 Å². The van der Waals surface area contributed by atoms with Crippen molar-refractivity contribution in [1.82, 2.24) is 14.7 Å². The Balaban J connectivity index is 1.47. The minimum Gasteiger partial charge on any atom is -0.380 e. The molecule has 132 valence electrons. The summed E-state index contributed by atoms with van der Waals surface area (Å²) in [6.07, 6.45) is 1.56. The fourth-order valence-electron chi connectivity index (χ4n) is 3.28. The van der Waals surface area contributed by atoms with Crippen molar-refractivity contribution in [3.8, 4) is 0 Å². The Morgan fingerprint density at radius 2 is 2.04 bits per heavy atom. The van der Waals surface area contributed by atoms with Crippen molar-refractivity contribution in [2.75, 3.05) is 32.9 Å². The van der Waals surface area contributed by atoms with Gasteiger partial charge in [0.05, 0.1) is 32.1 Å². The van der Waals surface area contributed by atoms with E-state index in [1.807, 2.05) is 13.1 Å². The Morgan fingerprint density at radius 3 is 2.64 bits per heavy atom.